The first-order valence-electron chi connectivity index (χ1n) is 7.65. The molecule has 0 bridgehead atoms. The molecule has 3 N–H and O–H groups in total. The van der Waals surface area contributed by atoms with Gasteiger partial charge in [0.05, 0.1) is 10.9 Å². The molecule has 0 aliphatic carbocycles. The quantitative estimate of drug-likeness (QED) is 0.509. The summed E-state index contributed by atoms with van der Waals surface area (Å²) >= 11 is 5.89. The highest BCUT2D eigenvalue weighted by Gasteiger charge is 2.14. The molecule has 8 nitrogen and oxygen atoms in total. The van der Waals surface area contributed by atoms with Crippen LogP contribution in [0.4, 0.5) is 5.82 Å². The summed E-state index contributed by atoms with van der Waals surface area (Å²) in [7, 11) is 0. The third-order valence-electron chi connectivity index (χ3n) is 3.79. The molecule has 0 saturated carbocycles. The van der Waals surface area contributed by atoms with Crippen molar-refractivity contribution in [2.24, 2.45) is 0 Å². The van der Waals surface area contributed by atoms with E-state index in [0.29, 0.717) is 28.5 Å². The van der Waals surface area contributed by atoms with Crippen LogP contribution in [0.25, 0.3) is 22.4 Å². The van der Waals surface area contributed by atoms with Crippen LogP contribution in [-0.2, 0) is 6.54 Å². The summed E-state index contributed by atoms with van der Waals surface area (Å²) in [4.78, 5) is 36.0. The monoisotopic (exact) mass is 369 g/mol. The first-order chi connectivity index (χ1) is 12.6. The standard InChI is InChI=1S/C17H12ClN5O3/c18-10-3-1-9(2-4-10)6-19-14-11-5-13(26-16(11)22-8-21-14)12-7-20-17(25)23-15(12)24/h1-5,7-8H,6H2,(H,19,21,22)(H2,20,23,24,25). The fourth-order valence-corrected chi connectivity index (χ4v) is 2.64. The average molecular weight is 370 g/mol. The number of nitrogens with zero attached hydrogens (tertiary/aromatic N) is 2. The highest BCUT2D eigenvalue weighted by Crippen LogP contribution is 2.28. The summed E-state index contributed by atoms with van der Waals surface area (Å²) in [6.07, 6.45) is 2.67. The number of aromatic nitrogens is 4. The van der Waals surface area contributed by atoms with Crippen LogP contribution >= 0.6 is 11.6 Å². The minimum absolute atomic E-state index is 0.200. The molecule has 0 radical (unpaired) electrons. The van der Waals surface area contributed by atoms with Crippen LogP contribution in [0.15, 0.2) is 56.9 Å². The van der Waals surface area contributed by atoms with Crippen LogP contribution in [0.1, 0.15) is 5.56 Å². The van der Waals surface area contributed by atoms with Gasteiger partial charge in [-0.15, -0.1) is 0 Å². The summed E-state index contributed by atoms with van der Waals surface area (Å²) in [5.74, 6) is 0.855. The van der Waals surface area contributed by atoms with Crippen LogP contribution in [0.2, 0.25) is 5.02 Å². The molecule has 4 aromatic rings. The van der Waals surface area contributed by atoms with Gasteiger partial charge in [0.2, 0.25) is 5.71 Å². The Hall–Kier alpha value is -3.39. The molecule has 0 saturated heterocycles. The number of hydrogen-bond donors (Lipinski definition) is 3. The number of benzene rings is 1. The van der Waals surface area contributed by atoms with Crippen molar-refractivity contribution in [3.05, 3.63) is 74.3 Å². The van der Waals surface area contributed by atoms with E-state index in [4.69, 9.17) is 16.0 Å². The fraction of sp³-hybridized carbons (Fsp3) is 0.0588. The highest BCUT2D eigenvalue weighted by molar-refractivity contribution is 6.30. The Morgan fingerprint density at radius 2 is 1.96 bits per heavy atom. The molecule has 0 amide bonds. The lowest BCUT2D eigenvalue weighted by Gasteiger charge is -2.06. The number of nitrogens with one attached hydrogen (secondary N) is 3. The zero-order valence-electron chi connectivity index (χ0n) is 13.2. The van der Waals surface area contributed by atoms with E-state index in [1.807, 2.05) is 24.3 Å². The second-order valence-electron chi connectivity index (χ2n) is 5.52. The number of furan rings is 1. The second kappa shape index (κ2) is 6.49. The molecule has 0 spiro atoms. The lowest BCUT2D eigenvalue weighted by Crippen LogP contribution is -2.22. The summed E-state index contributed by atoms with van der Waals surface area (Å²) in [6.45, 7) is 0.531. The Balaban J connectivity index is 1.68. The Morgan fingerprint density at radius 1 is 1.15 bits per heavy atom. The molecule has 0 unspecified atom stereocenters. The van der Waals surface area contributed by atoms with Crippen molar-refractivity contribution in [3.63, 3.8) is 0 Å². The van der Waals surface area contributed by atoms with Gasteiger partial charge in [-0.05, 0) is 23.8 Å². The lowest BCUT2D eigenvalue weighted by molar-refractivity contribution is 0.616. The van der Waals surface area contributed by atoms with E-state index in [0.717, 1.165) is 5.56 Å². The Labute approximate surface area is 150 Å². The lowest BCUT2D eigenvalue weighted by atomic mass is 10.2. The van der Waals surface area contributed by atoms with Gasteiger partial charge in [0.1, 0.15) is 17.9 Å². The molecule has 4 rings (SSSR count). The Morgan fingerprint density at radius 3 is 2.73 bits per heavy atom. The van der Waals surface area contributed by atoms with Crippen molar-refractivity contribution in [1.82, 2.24) is 19.9 Å². The molecular weight excluding hydrogens is 358 g/mol. The highest BCUT2D eigenvalue weighted by atomic mass is 35.5. The van der Waals surface area contributed by atoms with Crippen LogP contribution in [0, 0.1) is 0 Å². The molecule has 3 heterocycles. The molecule has 1 aromatic carbocycles. The van der Waals surface area contributed by atoms with E-state index in [2.05, 4.69) is 25.3 Å². The number of H-pyrrole nitrogens is 2. The summed E-state index contributed by atoms with van der Waals surface area (Å²) < 4.78 is 5.63. The van der Waals surface area contributed by atoms with E-state index >= 15 is 0 Å². The van der Waals surface area contributed by atoms with Crippen molar-refractivity contribution >= 4 is 28.5 Å². The summed E-state index contributed by atoms with van der Waals surface area (Å²) in [5, 5.41) is 4.51. The van der Waals surface area contributed by atoms with Crippen molar-refractivity contribution in [3.8, 4) is 11.3 Å². The second-order valence-corrected chi connectivity index (χ2v) is 5.95. The van der Waals surface area contributed by atoms with Crippen molar-refractivity contribution < 1.29 is 4.42 Å². The van der Waals surface area contributed by atoms with Gasteiger partial charge in [0.25, 0.3) is 5.56 Å². The predicted molar refractivity (Wildman–Crippen MR) is 97.3 cm³/mol. The molecule has 0 aliphatic rings. The smallest absolute Gasteiger partial charge is 0.325 e. The van der Waals surface area contributed by atoms with Crippen LogP contribution in [-0.4, -0.2) is 19.9 Å². The first-order valence-corrected chi connectivity index (χ1v) is 8.03. The van der Waals surface area contributed by atoms with Crippen molar-refractivity contribution in [2.45, 2.75) is 6.54 Å². The van der Waals surface area contributed by atoms with Gasteiger partial charge in [0.15, 0.2) is 0 Å². The molecular formula is C17H12ClN5O3. The topological polar surface area (TPSA) is 117 Å². The van der Waals surface area contributed by atoms with Gasteiger partial charge >= 0.3 is 5.69 Å². The van der Waals surface area contributed by atoms with Gasteiger partial charge < -0.3 is 14.7 Å². The third kappa shape index (κ3) is 3.09. The normalized spacial score (nSPS) is 11.0. The van der Waals surface area contributed by atoms with E-state index < -0.39 is 11.2 Å². The van der Waals surface area contributed by atoms with Crippen LogP contribution in [0.3, 0.4) is 0 Å². The van der Waals surface area contributed by atoms with Crippen molar-refractivity contribution in [1.29, 1.82) is 0 Å². The Kier molecular flexibility index (Phi) is 4.02. The fourth-order valence-electron chi connectivity index (χ4n) is 2.51. The zero-order chi connectivity index (χ0) is 18.1. The molecule has 3 aromatic heterocycles. The molecule has 0 fully saturated rings. The minimum atomic E-state index is -0.583. The van der Waals surface area contributed by atoms with E-state index in [1.165, 1.54) is 12.5 Å². The van der Waals surface area contributed by atoms with Gasteiger partial charge in [-0.25, -0.2) is 14.8 Å². The molecule has 26 heavy (non-hydrogen) atoms. The number of halogens is 1. The molecule has 0 atom stereocenters. The maximum absolute atomic E-state index is 11.9. The van der Waals surface area contributed by atoms with Gasteiger partial charge in [-0.3, -0.25) is 9.78 Å². The predicted octanol–water partition coefficient (Wildman–Crippen LogP) is 2.53. The SMILES string of the molecule is O=c1[nH]cc(-c2cc3c(NCc4ccc(Cl)cc4)ncnc3o2)c(=O)[nH]1. The van der Waals surface area contributed by atoms with Crippen molar-refractivity contribution in [2.75, 3.05) is 5.32 Å². The number of fused-ring (bicyclic) bond motifs is 1. The number of rotatable bonds is 4. The van der Waals surface area contributed by atoms with Crippen LogP contribution in [0.5, 0.6) is 0 Å². The van der Waals surface area contributed by atoms with E-state index in [1.54, 1.807) is 6.07 Å². The number of aromatic amines is 2. The largest absolute Gasteiger partial charge is 0.437 e. The van der Waals surface area contributed by atoms with Crippen LogP contribution < -0.4 is 16.6 Å². The summed E-state index contributed by atoms with van der Waals surface area (Å²) in [5.41, 5.74) is 0.434. The molecule has 130 valence electrons. The first kappa shape index (κ1) is 16.1. The number of hydrogen-bond acceptors (Lipinski definition) is 6. The maximum Gasteiger partial charge on any atom is 0.325 e. The van der Waals surface area contributed by atoms with Gasteiger partial charge in [-0.2, -0.15) is 0 Å². The minimum Gasteiger partial charge on any atom is -0.437 e. The third-order valence-corrected chi connectivity index (χ3v) is 4.04. The van der Waals surface area contributed by atoms with Gasteiger partial charge in [0, 0.05) is 17.8 Å². The number of anilines is 1. The van der Waals surface area contributed by atoms with E-state index in [9.17, 15) is 9.59 Å². The summed E-state index contributed by atoms with van der Waals surface area (Å²) in [6, 6.07) is 9.10. The maximum atomic E-state index is 11.9. The molecule has 0 aliphatic heterocycles. The average Bonchev–Trinajstić information content (AvgIpc) is 3.05. The van der Waals surface area contributed by atoms with Gasteiger partial charge in [-0.1, -0.05) is 23.7 Å². The Bertz CT molecular complexity index is 1190. The van der Waals surface area contributed by atoms with E-state index in [-0.39, 0.29) is 11.3 Å². The molecule has 9 heteroatoms. The zero-order valence-corrected chi connectivity index (χ0v) is 14.0.